The van der Waals surface area contributed by atoms with Crippen LogP contribution in [0.2, 0.25) is 0 Å². The van der Waals surface area contributed by atoms with E-state index in [1.165, 1.54) is 0 Å². The Morgan fingerprint density at radius 3 is 2.86 bits per heavy atom. The van der Waals surface area contributed by atoms with Crippen molar-refractivity contribution in [2.75, 3.05) is 12.8 Å². The maximum absolute atomic E-state index is 12.1. The lowest BCUT2D eigenvalue weighted by atomic mass is 10.1. The minimum atomic E-state index is -0.171. The molecule has 0 unspecified atom stereocenters. The maximum atomic E-state index is 12.1. The lowest BCUT2D eigenvalue weighted by Crippen LogP contribution is -2.23. The monoisotopic (exact) mass is 288 g/mol. The molecule has 1 heterocycles. The van der Waals surface area contributed by atoms with E-state index in [4.69, 9.17) is 10.5 Å². The van der Waals surface area contributed by atoms with Crippen molar-refractivity contribution in [2.24, 2.45) is 7.05 Å². The summed E-state index contributed by atoms with van der Waals surface area (Å²) in [5, 5.41) is 7.22. The highest BCUT2D eigenvalue weighted by atomic mass is 16.5. The van der Waals surface area contributed by atoms with Gasteiger partial charge >= 0.3 is 0 Å². The Morgan fingerprint density at radius 2 is 2.24 bits per heavy atom. The van der Waals surface area contributed by atoms with Crippen LogP contribution >= 0.6 is 0 Å². The molecule has 112 valence electrons. The molecule has 0 radical (unpaired) electrons. The van der Waals surface area contributed by atoms with Crippen molar-refractivity contribution in [3.05, 3.63) is 41.2 Å². The summed E-state index contributed by atoms with van der Waals surface area (Å²) in [6.45, 7) is 2.49. The van der Waals surface area contributed by atoms with Crippen LogP contribution in [-0.4, -0.2) is 22.8 Å². The third kappa shape index (κ3) is 3.34. The molecule has 0 spiro atoms. The first kappa shape index (κ1) is 14.9. The van der Waals surface area contributed by atoms with Gasteiger partial charge in [-0.1, -0.05) is 6.92 Å². The largest absolute Gasteiger partial charge is 0.495 e. The van der Waals surface area contributed by atoms with Crippen molar-refractivity contribution in [1.29, 1.82) is 0 Å². The fourth-order valence-corrected chi connectivity index (χ4v) is 2.18. The molecule has 0 fully saturated rings. The van der Waals surface area contributed by atoms with Gasteiger partial charge in [-0.25, -0.2) is 0 Å². The first-order chi connectivity index (χ1) is 10.0. The summed E-state index contributed by atoms with van der Waals surface area (Å²) in [5.74, 6) is 0.391. The molecule has 1 aromatic heterocycles. The predicted octanol–water partition coefficient (Wildman–Crippen LogP) is 1.50. The average molecular weight is 288 g/mol. The molecule has 0 bridgehead atoms. The number of rotatable bonds is 5. The van der Waals surface area contributed by atoms with E-state index in [-0.39, 0.29) is 5.91 Å². The van der Waals surface area contributed by atoms with Crippen LogP contribution in [0.4, 0.5) is 5.69 Å². The summed E-state index contributed by atoms with van der Waals surface area (Å²) in [6.07, 6.45) is 2.75. The Labute approximate surface area is 123 Å². The Morgan fingerprint density at radius 1 is 1.48 bits per heavy atom. The van der Waals surface area contributed by atoms with Crippen molar-refractivity contribution in [1.82, 2.24) is 15.1 Å². The number of nitrogens with zero attached hydrogens (tertiary/aromatic N) is 2. The zero-order chi connectivity index (χ0) is 15.4. The molecule has 1 amide bonds. The minimum absolute atomic E-state index is 0.171. The van der Waals surface area contributed by atoms with Crippen molar-refractivity contribution < 1.29 is 9.53 Å². The number of methoxy groups -OCH3 is 1. The summed E-state index contributed by atoms with van der Waals surface area (Å²) < 4.78 is 6.83. The number of benzene rings is 1. The number of aryl methyl sites for hydroxylation is 2. The molecular weight excluding hydrogens is 268 g/mol. The molecule has 0 saturated heterocycles. The zero-order valence-electron chi connectivity index (χ0n) is 12.5. The Bertz CT molecular complexity index is 649. The first-order valence-corrected chi connectivity index (χ1v) is 6.78. The highest BCUT2D eigenvalue weighted by Gasteiger charge is 2.11. The number of hydrogen-bond donors (Lipinski definition) is 2. The quantitative estimate of drug-likeness (QED) is 0.817. The second-order valence-electron chi connectivity index (χ2n) is 4.77. The molecule has 0 saturated carbocycles. The molecule has 2 rings (SSSR count). The van der Waals surface area contributed by atoms with Gasteiger partial charge < -0.3 is 15.8 Å². The van der Waals surface area contributed by atoms with Gasteiger partial charge in [0.25, 0.3) is 5.91 Å². The Balaban J connectivity index is 2.06. The van der Waals surface area contributed by atoms with E-state index >= 15 is 0 Å². The highest BCUT2D eigenvalue weighted by Crippen LogP contribution is 2.21. The van der Waals surface area contributed by atoms with E-state index in [1.54, 1.807) is 30.0 Å². The summed E-state index contributed by atoms with van der Waals surface area (Å²) in [7, 11) is 3.41. The number of aromatic nitrogens is 2. The topological polar surface area (TPSA) is 82.2 Å². The highest BCUT2D eigenvalue weighted by molar-refractivity contribution is 5.95. The fraction of sp³-hybridized carbons (Fsp3) is 0.333. The van der Waals surface area contributed by atoms with Gasteiger partial charge in [0, 0.05) is 30.9 Å². The van der Waals surface area contributed by atoms with E-state index < -0.39 is 0 Å². The number of hydrogen-bond acceptors (Lipinski definition) is 4. The number of carbonyl (C=O) groups is 1. The Hall–Kier alpha value is -2.50. The number of amides is 1. The van der Waals surface area contributed by atoms with Gasteiger partial charge in [-0.05, 0) is 24.6 Å². The minimum Gasteiger partial charge on any atom is -0.495 e. The van der Waals surface area contributed by atoms with Crippen molar-refractivity contribution >= 4 is 11.6 Å². The molecule has 21 heavy (non-hydrogen) atoms. The fourth-order valence-electron chi connectivity index (χ4n) is 2.18. The van der Waals surface area contributed by atoms with Crippen LogP contribution in [0.1, 0.15) is 28.5 Å². The summed E-state index contributed by atoms with van der Waals surface area (Å²) in [5.41, 5.74) is 8.78. The van der Waals surface area contributed by atoms with Crippen LogP contribution in [0.3, 0.4) is 0 Å². The van der Waals surface area contributed by atoms with Gasteiger partial charge in [0.2, 0.25) is 0 Å². The van der Waals surface area contributed by atoms with Crippen molar-refractivity contribution in [2.45, 2.75) is 19.9 Å². The predicted molar refractivity (Wildman–Crippen MR) is 81.2 cm³/mol. The summed E-state index contributed by atoms with van der Waals surface area (Å²) in [4.78, 5) is 12.1. The summed E-state index contributed by atoms with van der Waals surface area (Å²) in [6, 6.07) is 4.98. The van der Waals surface area contributed by atoms with E-state index in [1.807, 2.05) is 20.2 Å². The van der Waals surface area contributed by atoms with Crippen LogP contribution in [-0.2, 0) is 20.0 Å². The van der Waals surface area contributed by atoms with Crippen molar-refractivity contribution in [3.8, 4) is 5.75 Å². The molecule has 3 N–H and O–H groups in total. The molecular formula is C15H20N4O2. The standard InChI is InChI=1S/C15H20N4O2/c1-4-13-11(9-19(2)18-13)8-17-15(20)10-5-6-14(21-3)12(16)7-10/h5-7,9H,4,8,16H2,1-3H3,(H,17,20). The third-order valence-corrected chi connectivity index (χ3v) is 3.26. The maximum Gasteiger partial charge on any atom is 0.251 e. The molecule has 2 aromatic rings. The van der Waals surface area contributed by atoms with E-state index in [9.17, 15) is 4.79 Å². The lowest BCUT2D eigenvalue weighted by Gasteiger charge is -2.08. The summed E-state index contributed by atoms with van der Waals surface area (Å²) >= 11 is 0. The van der Waals surface area contributed by atoms with Gasteiger partial charge in [0.05, 0.1) is 18.5 Å². The van der Waals surface area contributed by atoms with E-state index in [2.05, 4.69) is 10.4 Å². The second kappa shape index (κ2) is 6.30. The molecule has 0 aliphatic heterocycles. The van der Waals surface area contributed by atoms with Gasteiger partial charge in [0.15, 0.2) is 0 Å². The molecule has 0 aliphatic rings. The lowest BCUT2D eigenvalue weighted by molar-refractivity contribution is 0.0951. The average Bonchev–Trinajstić information content (AvgIpc) is 2.84. The SMILES string of the molecule is CCc1nn(C)cc1CNC(=O)c1ccc(OC)c(N)c1. The smallest absolute Gasteiger partial charge is 0.251 e. The molecule has 1 aromatic carbocycles. The van der Waals surface area contributed by atoms with E-state index in [0.29, 0.717) is 23.5 Å². The number of anilines is 1. The second-order valence-corrected chi connectivity index (χ2v) is 4.77. The van der Waals surface area contributed by atoms with Crippen LogP contribution in [0.15, 0.2) is 24.4 Å². The molecule has 6 heteroatoms. The van der Waals surface area contributed by atoms with Gasteiger partial charge in [-0.2, -0.15) is 5.10 Å². The normalized spacial score (nSPS) is 10.4. The van der Waals surface area contributed by atoms with Crippen LogP contribution in [0.5, 0.6) is 5.75 Å². The first-order valence-electron chi connectivity index (χ1n) is 6.78. The zero-order valence-corrected chi connectivity index (χ0v) is 12.5. The van der Waals surface area contributed by atoms with E-state index in [0.717, 1.165) is 17.7 Å². The number of nitrogens with two attached hydrogens (primary N) is 1. The number of nitrogens with one attached hydrogen (secondary N) is 1. The van der Waals surface area contributed by atoms with Crippen LogP contribution < -0.4 is 15.8 Å². The molecule has 0 aliphatic carbocycles. The van der Waals surface area contributed by atoms with Gasteiger partial charge in [-0.15, -0.1) is 0 Å². The van der Waals surface area contributed by atoms with Crippen LogP contribution in [0, 0.1) is 0 Å². The number of ether oxygens (including phenoxy) is 1. The van der Waals surface area contributed by atoms with Crippen molar-refractivity contribution in [3.63, 3.8) is 0 Å². The molecule has 6 nitrogen and oxygen atoms in total. The number of carbonyl (C=O) groups excluding carboxylic acids is 1. The Kier molecular flexibility index (Phi) is 4.47. The van der Waals surface area contributed by atoms with Crippen LogP contribution in [0.25, 0.3) is 0 Å². The number of nitrogen functional groups attached to an aromatic ring is 1. The molecule has 0 atom stereocenters. The third-order valence-electron chi connectivity index (χ3n) is 3.26. The van der Waals surface area contributed by atoms with Gasteiger partial charge in [0.1, 0.15) is 5.75 Å². The van der Waals surface area contributed by atoms with Gasteiger partial charge in [-0.3, -0.25) is 9.48 Å².